The predicted molar refractivity (Wildman–Crippen MR) is 92.3 cm³/mol. The van der Waals surface area contributed by atoms with Gasteiger partial charge >= 0.3 is 0 Å². The number of nitrogens with zero attached hydrogens (tertiary/aromatic N) is 1. The number of piperidine rings is 1. The van der Waals surface area contributed by atoms with E-state index in [2.05, 4.69) is 11.1 Å². The zero-order valence-corrected chi connectivity index (χ0v) is 13.6. The van der Waals surface area contributed by atoms with Crippen LogP contribution in [0.3, 0.4) is 0 Å². The van der Waals surface area contributed by atoms with Crippen LogP contribution in [-0.2, 0) is 0 Å². The summed E-state index contributed by atoms with van der Waals surface area (Å²) in [6.45, 7) is 0.609. The molecular formula is C20H18F2N2O. The predicted octanol–water partition coefficient (Wildman–Crippen LogP) is 4.81. The van der Waals surface area contributed by atoms with E-state index in [-0.39, 0.29) is 17.5 Å². The van der Waals surface area contributed by atoms with Crippen molar-refractivity contribution in [1.29, 1.82) is 0 Å². The summed E-state index contributed by atoms with van der Waals surface area (Å²) in [6.07, 6.45) is 2.79. The standard InChI is InChI=1S/C20H18F2N2O/c21-15-9-8-14(11-16(15)22)20(25)24-10-4-3-7-19(24)18-12-13-5-1-2-6-17(13)23-18/h1-2,5-6,8-9,11-12,19,23H,3-4,7,10H2. The number of amides is 1. The van der Waals surface area contributed by atoms with E-state index >= 15 is 0 Å². The van der Waals surface area contributed by atoms with Crippen LogP contribution in [-0.4, -0.2) is 22.3 Å². The number of fused-ring (bicyclic) bond motifs is 1. The van der Waals surface area contributed by atoms with Crippen molar-refractivity contribution >= 4 is 16.8 Å². The van der Waals surface area contributed by atoms with Crippen LogP contribution in [0.2, 0.25) is 0 Å². The Morgan fingerprint density at radius 3 is 2.68 bits per heavy atom. The minimum absolute atomic E-state index is 0.0817. The molecule has 0 spiro atoms. The first-order valence-corrected chi connectivity index (χ1v) is 8.47. The topological polar surface area (TPSA) is 36.1 Å². The number of hydrogen-bond acceptors (Lipinski definition) is 1. The summed E-state index contributed by atoms with van der Waals surface area (Å²) in [5.74, 6) is -2.20. The first-order chi connectivity index (χ1) is 12.1. The van der Waals surface area contributed by atoms with Gasteiger partial charge in [0.15, 0.2) is 11.6 Å². The van der Waals surface area contributed by atoms with Gasteiger partial charge in [0.25, 0.3) is 5.91 Å². The average Bonchev–Trinajstić information content (AvgIpc) is 3.07. The molecule has 0 bridgehead atoms. The third-order valence-electron chi connectivity index (χ3n) is 4.84. The van der Waals surface area contributed by atoms with Crippen molar-refractivity contribution in [3.8, 4) is 0 Å². The van der Waals surface area contributed by atoms with Crippen molar-refractivity contribution in [2.45, 2.75) is 25.3 Å². The highest BCUT2D eigenvalue weighted by molar-refractivity contribution is 5.94. The second-order valence-corrected chi connectivity index (χ2v) is 6.45. The number of H-pyrrole nitrogens is 1. The van der Waals surface area contributed by atoms with E-state index in [1.807, 2.05) is 24.3 Å². The minimum Gasteiger partial charge on any atom is -0.357 e. The molecule has 2 aromatic carbocycles. The van der Waals surface area contributed by atoms with E-state index < -0.39 is 11.6 Å². The SMILES string of the molecule is O=C(c1ccc(F)c(F)c1)N1CCCCC1c1cc2ccccc2[nH]1. The lowest BCUT2D eigenvalue weighted by Gasteiger charge is -2.35. The fourth-order valence-corrected chi connectivity index (χ4v) is 3.57. The summed E-state index contributed by atoms with van der Waals surface area (Å²) in [6, 6.07) is 13.3. The first kappa shape index (κ1) is 15.8. The number of carbonyl (C=O) groups excluding carboxylic acids is 1. The molecule has 25 heavy (non-hydrogen) atoms. The van der Waals surface area contributed by atoms with E-state index in [1.165, 1.54) is 6.07 Å². The van der Waals surface area contributed by atoms with Crippen LogP contribution in [0.15, 0.2) is 48.5 Å². The number of para-hydroxylation sites is 1. The molecule has 1 aromatic heterocycles. The molecule has 1 aliphatic rings. The summed E-state index contributed by atoms with van der Waals surface area (Å²) in [4.78, 5) is 18.0. The van der Waals surface area contributed by atoms with Gasteiger partial charge in [-0.1, -0.05) is 18.2 Å². The first-order valence-electron chi connectivity index (χ1n) is 8.47. The number of aromatic amines is 1. The molecule has 0 aliphatic carbocycles. The van der Waals surface area contributed by atoms with Crippen molar-refractivity contribution in [3.05, 3.63) is 71.4 Å². The summed E-state index contributed by atoms with van der Waals surface area (Å²) >= 11 is 0. The lowest BCUT2D eigenvalue weighted by molar-refractivity contribution is 0.0606. The van der Waals surface area contributed by atoms with Crippen molar-refractivity contribution in [1.82, 2.24) is 9.88 Å². The molecule has 3 aromatic rings. The summed E-state index contributed by atoms with van der Waals surface area (Å²) in [7, 11) is 0. The molecule has 2 heterocycles. The monoisotopic (exact) mass is 340 g/mol. The number of halogens is 2. The van der Waals surface area contributed by atoms with Gasteiger partial charge in [-0.2, -0.15) is 0 Å². The second kappa shape index (κ2) is 6.31. The Balaban J connectivity index is 1.68. The number of carbonyl (C=O) groups is 1. The number of aromatic nitrogens is 1. The van der Waals surface area contributed by atoms with Crippen LogP contribution in [0.4, 0.5) is 8.78 Å². The van der Waals surface area contributed by atoms with Crippen LogP contribution in [0.1, 0.15) is 41.4 Å². The van der Waals surface area contributed by atoms with Gasteiger partial charge < -0.3 is 9.88 Å². The van der Waals surface area contributed by atoms with Gasteiger partial charge in [-0.05, 0) is 55.0 Å². The minimum atomic E-state index is -0.995. The molecule has 3 nitrogen and oxygen atoms in total. The van der Waals surface area contributed by atoms with Crippen LogP contribution >= 0.6 is 0 Å². The fraction of sp³-hybridized carbons (Fsp3) is 0.250. The molecule has 1 N–H and O–H groups in total. The van der Waals surface area contributed by atoms with Gasteiger partial charge in [0, 0.05) is 23.3 Å². The summed E-state index contributed by atoms with van der Waals surface area (Å²) in [5.41, 5.74) is 2.20. The molecule has 128 valence electrons. The Labute approximate surface area is 144 Å². The van der Waals surface area contributed by atoms with Crippen LogP contribution in [0.5, 0.6) is 0 Å². The van der Waals surface area contributed by atoms with Gasteiger partial charge in [0.2, 0.25) is 0 Å². The highest BCUT2D eigenvalue weighted by atomic mass is 19.2. The zero-order chi connectivity index (χ0) is 17.4. The molecule has 0 radical (unpaired) electrons. The molecule has 1 aliphatic heterocycles. The van der Waals surface area contributed by atoms with Gasteiger partial charge in [0.05, 0.1) is 6.04 Å². The average molecular weight is 340 g/mol. The van der Waals surface area contributed by atoms with Crippen molar-refractivity contribution in [3.63, 3.8) is 0 Å². The summed E-state index contributed by atoms with van der Waals surface area (Å²) < 4.78 is 26.7. The number of benzene rings is 2. The molecule has 1 atom stereocenters. The Morgan fingerprint density at radius 2 is 1.88 bits per heavy atom. The third kappa shape index (κ3) is 2.90. The number of likely N-dealkylation sites (tertiary alicyclic amines) is 1. The normalized spacial score (nSPS) is 17.8. The van der Waals surface area contributed by atoms with Crippen LogP contribution < -0.4 is 0 Å². The van der Waals surface area contributed by atoms with E-state index in [4.69, 9.17) is 0 Å². The Hall–Kier alpha value is -2.69. The second-order valence-electron chi connectivity index (χ2n) is 6.45. The quantitative estimate of drug-likeness (QED) is 0.714. The van der Waals surface area contributed by atoms with Gasteiger partial charge in [-0.15, -0.1) is 0 Å². The molecule has 1 fully saturated rings. The Bertz CT molecular complexity index is 901. The smallest absolute Gasteiger partial charge is 0.254 e. The molecule has 4 rings (SSSR count). The lowest BCUT2D eigenvalue weighted by Crippen LogP contribution is -2.38. The molecule has 0 saturated carbocycles. The highest BCUT2D eigenvalue weighted by Crippen LogP contribution is 2.33. The molecule has 1 unspecified atom stereocenters. The Kier molecular flexibility index (Phi) is 3.99. The summed E-state index contributed by atoms with van der Waals surface area (Å²) in [5, 5.41) is 1.10. The zero-order valence-electron chi connectivity index (χ0n) is 13.6. The van der Waals surface area contributed by atoms with E-state index in [1.54, 1.807) is 4.90 Å². The molecule has 1 amide bonds. The maximum atomic E-state index is 13.5. The molecule has 1 saturated heterocycles. The number of nitrogens with one attached hydrogen (secondary N) is 1. The van der Waals surface area contributed by atoms with Gasteiger partial charge in [-0.3, -0.25) is 4.79 Å². The maximum absolute atomic E-state index is 13.5. The van der Waals surface area contributed by atoms with Crippen molar-refractivity contribution in [2.24, 2.45) is 0 Å². The van der Waals surface area contributed by atoms with E-state index in [0.717, 1.165) is 48.0 Å². The van der Waals surface area contributed by atoms with Crippen LogP contribution in [0.25, 0.3) is 10.9 Å². The van der Waals surface area contributed by atoms with Crippen molar-refractivity contribution < 1.29 is 13.6 Å². The number of rotatable bonds is 2. The van der Waals surface area contributed by atoms with E-state index in [0.29, 0.717) is 6.54 Å². The maximum Gasteiger partial charge on any atom is 0.254 e. The largest absolute Gasteiger partial charge is 0.357 e. The Morgan fingerprint density at radius 1 is 1.04 bits per heavy atom. The number of hydrogen-bond donors (Lipinski definition) is 1. The van der Waals surface area contributed by atoms with Crippen LogP contribution in [0, 0.1) is 11.6 Å². The fourth-order valence-electron chi connectivity index (χ4n) is 3.57. The van der Waals surface area contributed by atoms with E-state index in [9.17, 15) is 13.6 Å². The molecule has 5 heteroatoms. The van der Waals surface area contributed by atoms with Crippen molar-refractivity contribution in [2.75, 3.05) is 6.54 Å². The lowest BCUT2D eigenvalue weighted by atomic mass is 9.98. The third-order valence-corrected chi connectivity index (χ3v) is 4.84. The molecular weight excluding hydrogens is 322 g/mol. The van der Waals surface area contributed by atoms with Gasteiger partial charge in [0.1, 0.15) is 0 Å². The highest BCUT2D eigenvalue weighted by Gasteiger charge is 2.30. The van der Waals surface area contributed by atoms with Gasteiger partial charge in [-0.25, -0.2) is 8.78 Å².